The fourth-order valence-corrected chi connectivity index (χ4v) is 3.40. The van der Waals surface area contributed by atoms with Crippen molar-refractivity contribution in [3.05, 3.63) is 74.6 Å². The molecule has 2 aromatic carbocycles. The molecule has 0 aliphatic carbocycles. The van der Waals surface area contributed by atoms with Crippen LogP contribution in [0.15, 0.2) is 53.9 Å². The van der Waals surface area contributed by atoms with E-state index in [0.717, 1.165) is 16.3 Å². The van der Waals surface area contributed by atoms with Gasteiger partial charge < -0.3 is 15.4 Å². The third-order valence-corrected chi connectivity index (χ3v) is 4.95. The van der Waals surface area contributed by atoms with E-state index in [-0.39, 0.29) is 17.8 Å². The van der Waals surface area contributed by atoms with Gasteiger partial charge in [0.15, 0.2) is 0 Å². The van der Waals surface area contributed by atoms with Crippen molar-refractivity contribution in [2.75, 3.05) is 25.6 Å². The minimum Gasteiger partial charge on any atom is -0.383 e. The Morgan fingerprint density at radius 2 is 2.03 bits per heavy atom. The summed E-state index contributed by atoms with van der Waals surface area (Å²) >= 11 is 1.45. The second-order valence-corrected chi connectivity index (χ2v) is 7.03. The average Bonchev–Trinajstić information content (AvgIpc) is 3.22. The summed E-state index contributed by atoms with van der Waals surface area (Å²) in [6.07, 6.45) is 0. The van der Waals surface area contributed by atoms with E-state index in [2.05, 4.69) is 15.6 Å². The number of anilines is 1. The van der Waals surface area contributed by atoms with Gasteiger partial charge in [0.05, 0.1) is 23.8 Å². The predicted octanol–water partition coefficient (Wildman–Crippen LogP) is 3.71. The lowest BCUT2D eigenvalue weighted by Crippen LogP contribution is -2.23. The summed E-state index contributed by atoms with van der Waals surface area (Å²) in [5.74, 6) is -0.395. The van der Waals surface area contributed by atoms with Crippen molar-refractivity contribution in [1.82, 2.24) is 10.3 Å². The lowest BCUT2D eigenvalue weighted by Gasteiger charge is -2.08. The Balaban J connectivity index is 1.65. The number of ether oxygens (including phenoxy) is 1. The Bertz CT molecular complexity index is 991. The fraction of sp³-hybridized carbons (Fsp3) is 0.200. The van der Waals surface area contributed by atoms with Crippen LogP contribution in [0.25, 0.3) is 11.3 Å². The highest BCUT2D eigenvalue weighted by Crippen LogP contribution is 2.26. The monoisotopic (exact) mass is 412 g/mol. The smallest absolute Gasteiger partial charge is 0.293 e. The number of nitro groups is 1. The minimum atomic E-state index is -0.515. The van der Waals surface area contributed by atoms with Gasteiger partial charge in [-0.05, 0) is 12.1 Å². The Labute approximate surface area is 171 Å². The lowest BCUT2D eigenvalue weighted by atomic mass is 10.1. The van der Waals surface area contributed by atoms with E-state index in [1.54, 1.807) is 13.2 Å². The van der Waals surface area contributed by atoms with Crippen LogP contribution in [-0.2, 0) is 11.3 Å². The van der Waals surface area contributed by atoms with E-state index >= 15 is 0 Å². The summed E-state index contributed by atoms with van der Waals surface area (Å²) in [4.78, 5) is 27.8. The molecule has 0 aliphatic rings. The van der Waals surface area contributed by atoms with Crippen molar-refractivity contribution in [3.8, 4) is 11.3 Å². The normalized spacial score (nSPS) is 10.5. The van der Waals surface area contributed by atoms with Crippen LogP contribution in [0, 0.1) is 10.1 Å². The van der Waals surface area contributed by atoms with Crippen molar-refractivity contribution in [1.29, 1.82) is 0 Å². The molecule has 150 valence electrons. The van der Waals surface area contributed by atoms with Gasteiger partial charge in [-0.25, -0.2) is 4.98 Å². The highest BCUT2D eigenvalue weighted by Gasteiger charge is 2.17. The molecule has 0 atom stereocenters. The van der Waals surface area contributed by atoms with Gasteiger partial charge in [-0.15, -0.1) is 11.3 Å². The number of thiazole rings is 1. The zero-order valence-corrected chi connectivity index (χ0v) is 16.6. The van der Waals surface area contributed by atoms with Crippen molar-refractivity contribution >= 4 is 28.6 Å². The highest BCUT2D eigenvalue weighted by molar-refractivity contribution is 7.09. The van der Waals surface area contributed by atoms with Crippen LogP contribution in [-0.4, -0.2) is 36.1 Å². The predicted molar refractivity (Wildman–Crippen MR) is 112 cm³/mol. The topological polar surface area (TPSA) is 106 Å². The van der Waals surface area contributed by atoms with E-state index in [0.29, 0.717) is 18.8 Å². The third-order valence-electron chi connectivity index (χ3n) is 4.10. The molecule has 0 saturated heterocycles. The van der Waals surface area contributed by atoms with Crippen LogP contribution in [0.4, 0.5) is 11.4 Å². The van der Waals surface area contributed by atoms with Crippen molar-refractivity contribution in [2.45, 2.75) is 6.54 Å². The number of carbonyl (C=O) groups excluding carboxylic acids is 1. The van der Waals surface area contributed by atoms with Gasteiger partial charge in [0.1, 0.15) is 10.7 Å². The second kappa shape index (κ2) is 9.76. The number of benzene rings is 2. The second-order valence-electron chi connectivity index (χ2n) is 6.08. The van der Waals surface area contributed by atoms with Crippen molar-refractivity contribution in [3.63, 3.8) is 0 Å². The summed E-state index contributed by atoms with van der Waals surface area (Å²) in [5.41, 5.74) is 2.26. The van der Waals surface area contributed by atoms with Gasteiger partial charge in [-0.2, -0.15) is 0 Å². The van der Waals surface area contributed by atoms with Gasteiger partial charge in [0, 0.05) is 36.2 Å². The largest absolute Gasteiger partial charge is 0.383 e. The summed E-state index contributed by atoms with van der Waals surface area (Å²) in [7, 11) is 1.55. The first kappa shape index (κ1) is 20.4. The first-order valence-corrected chi connectivity index (χ1v) is 9.75. The molecule has 9 heteroatoms. The third kappa shape index (κ3) is 5.37. The van der Waals surface area contributed by atoms with E-state index < -0.39 is 10.8 Å². The first-order valence-electron chi connectivity index (χ1n) is 8.87. The molecule has 29 heavy (non-hydrogen) atoms. The van der Waals surface area contributed by atoms with Crippen molar-refractivity contribution in [2.24, 2.45) is 0 Å². The quantitative estimate of drug-likeness (QED) is 0.315. The number of nitro benzene ring substituents is 1. The van der Waals surface area contributed by atoms with Crippen LogP contribution >= 0.6 is 11.3 Å². The van der Waals surface area contributed by atoms with Gasteiger partial charge in [-0.1, -0.05) is 30.3 Å². The molecule has 1 aromatic heterocycles. The number of methoxy groups -OCH3 is 1. The van der Waals surface area contributed by atoms with E-state index in [1.165, 1.54) is 23.5 Å². The van der Waals surface area contributed by atoms with Crippen LogP contribution in [0.3, 0.4) is 0 Å². The maximum atomic E-state index is 12.4. The lowest BCUT2D eigenvalue weighted by molar-refractivity contribution is -0.384. The van der Waals surface area contributed by atoms with Crippen LogP contribution in [0.5, 0.6) is 0 Å². The Morgan fingerprint density at radius 3 is 2.76 bits per heavy atom. The molecule has 2 N–H and O–H groups in total. The zero-order chi connectivity index (χ0) is 20.6. The minimum absolute atomic E-state index is 0.158. The molecule has 1 heterocycles. The molecule has 0 radical (unpaired) electrons. The van der Waals surface area contributed by atoms with E-state index in [1.807, 2.05) is 35.7 Å². The highest BCUT2D eigenvalue weighted by atomic mass is 32.1. The average molecular weight is 412 g/mol. The molecule has 0 saturated carbocycles. The van der Waals surface area contributed by atoms with Gasteiger partial charge in [0.25, 0.3) is 11.6 Å². The number of hydrogen-bond donors (Lipinski definition) is 2. The molecule has 3 aromatic rings. The van der Waals surface area contributed by atoms with Crippen LogP contribution in [0.2, 0.25) is 0 Å². The number of hydrogen-bond acceptors (Lipinski definition) is 7. The van der Waals surface area contributed by atoms with Gasteiger partial charge in [0.2, 0.25) is 0 Å². The van der Waals surface area contributed by atoms with E-state index in [9.17, 15) is 14.9 Å². The Kier molecular flexibility index (Phi) is 6.88. The molecule has 1 amide bonds. The van der Waals surface area contributed by atoms with Crippen LogP contribution < -0.4 is 10.6 Å². The van der Waals surface area contributed by atoms with Gasteiger partial charge >= 0.3 is 0 Å². The number of aromatic nitrogens is 1. The molecule has 0 bridgehead atoms. The summed E-state index contributed by atoms with van der Waals surface area (Å²) in [5, 5.41) is 19.7. The number of carbonyl (C=O) groups is 1. The summed E-state index contributed by atoms with van der Waals surface area (Å²) in [6, 6.07) is 14.1. The molecule has 8 nitrogen and oxygen atoms in total. The molecule has 3 rings (SSSR count). The molecule has 0 unspecified atom stereocenters. The van der Waals surface area contributed by atoms with Gasteiger partial charge in [-0.3, -0.25) is 14.9 Å². The molecule has 0 aliphatic heterocycles. The summed E-state index contributed by atoms with van der Waals surface area (Å²) < 4.78 is 4.93. The SMILES string of the molecule is COCCNc1ccc(C(=O)NCc2nc(-c3ccccc3)cs2)cc1[N+](=O)[O-]. The maximum absolute atomic E-state index is 12.4. The fourth-order valence-electron chi connectivity index (χ4n) is 2.65. The summed E-state index contributed by atoms with van der Waals surface area (Å²) in [6.45, 7) is 1.09. The molecule has 0 fully saturated rings. The number of nitrogens with zero attached hydrogens (tertiary/aromatic N) is 2. The number of amides is 1. The molecular formula is C20H20N4O4S. The number of rotatable bonds is 9. The van der Waals surface area contributed by atoms with Crippen LogP contribution in [0.1, 0.15) is 15.4 Å². The van der Waals surface area contributed by atoms with E-state index in [4.69, 9.17) is 4.74 Å². The molecule has 0 spiro atoms. The zero-order valence-electron chi connectivity index (χ0n) is 15.8. The standard InChI is InChI=1S/C20H20N4O4S/c1-28-10-9-21-16-8-7-15(11-18(16)24(26)27)20(25)22-12-19-23-17(13-29-19)14-5-3-2-4-6-14/h2-8,11,13,21H,9-10,12H2,1H3,(H,22,25). The Hall–Kier alpha value is -3.30. The Morgan fingerprint density at radius 1 is 1.24 bits per heavy atom. The molecular weight excluding hydrogens is 392 g/mol. The van der Waals surface area contributed by atoms with Crippen molar-refractivity contribution < 1.29 is 14.5 Å². The number of nitrogens with one attached hydrogen (secondary N) is 2. The first-order chi connectivity index (χ1) is 14.1. The maximum Gasteiger partial charge on any atom is 0.293 e.